The summed E-state index contributed by atoms with van der Waals surface area (Å²) in [4.78, 5) is 25.9. The Bertz CT molecular complexity index is 595. The monoisotopic (exact) mass is 353 g/mol. The highest BCUT2D eigenvalue weighted by Gasteiger charge is 2.29. The summed E-state index contributed by atoms with van der Waals surface area (Å²) in [5.41, 5.74) is 0.866. The molecule has 2 atom stereocenters. The second-order valence-electron chi connectivity index (χ2n) is 6.29. The van der Waals surface area contributed by atoms with E-state index in [0.717, 1.165) is 24.8 Å². The first-order valence-electron chi connectivity index (χ1n) is 8.24. The Hall–Kier alpha value is -1.75. The summed E-state index contributed by atoms with van der Waals surface area (Å²) in [6.07, 6.45) is 3.10. The lowest BCUT2D eigenvalue weighted by molar-refractivity contribution is -0.156. The van der Waals surface area contributed by atoms with Gasteiger partial charge in [-0.05, 0) is 63.8 Å². The number of likely N-dealkylation sites (tertiary alicyclic amines) is 1. The molecule has 1 saturated heterocycles. The number of nitrogens with zero attached hydrogens (tertiary/aromatic N) is 1. The highest BCUT2D eigenvalue weighted by atomic mass is 35.5. The predicted octanol–water partition coefficient (Wildman–Crippen LogP) is 3.36. The van der Waals surface area contributed by atoms with E-state index in [4.69, 9.17) is 21.1 Å². The van der Waals surface area contributed by atoms with Crippen molar-refractivity contribution < 1.29 is 19.1 Å². The number of esters is 1. The van der Waals surface area contributed by atoms with Gasteiger partial charge >= 0.3 is 5.97 Å². The summed E-state index contributed by atoms with van der Waals surface area (Å²) in [5.74, 6) is -0.169. The van der Waals surface area contributed by atoms with Gasteiger partial charge in [-0.2, -0.15) is 0 Å². The minimum Gasteiger partial charge on any atom is -0.482 e. The van der Waals surface area contributed by atoms with Crippen LogP contribution in [-0.2, 0) is 14.3 Å². The number of rotatable bonds is 5. The molecule has 6 heteroatoms. The number of hydrogen-bond donors (Lipinski definition) is 0. The van der Waals surface area contributed by atoms with Crippen molar-refractivity contribution in [2.45, 2.75) is 52.1 Å². The van der Waals surface area contributed by atoms with E-state index in [2.05, 4.69) is 0 Å². The molecule has 1 heterocycles. The molecular weight excluding hydrogens is 330 g/mol. The Labute approximate surface area is 147 Å². The number of halogens is 1. The maximum atomic E-state index is 12.3. The molecular formula is C18H24ClNO4. The van der Waals surface area contributed by atoms with Crippen molar-refractivity contribution in [3.63, 3.8) is 0 Å². The van der Waals surface area contributed by atoms with Gasteiger partial charge in [0.15, 0.2) is 13.2 Å². The van der Waals surface area contributed by atoms with Crippen LogP contribution in [0.4, 0.5) is 0 Å². The zero-order chi connectivity index (χ0) is 17.7. The van der Waals surface area contributed by atoms with Gasteiger partial charge < -0.3 is 14.4 Å². The van der Waals surface area contributed by atoms with E-state index in [1.807, 2.05) is 25.7 Å². The number of carbonyl (C=O) groups is 2. The van der Waals surface area contributed by atoms with Crippen LogP contribution in [0.25, 0.3) is 0 Å². The lowest BCUT2D eigenvalue weighted by atomic mass is 9.97. The SMILES string of the molecule is Cc1cc(OCC(=O)OCC(=O)N2C(C)CCCC2C)ccc1Cl. The van der Waals surface area contributed by atoms with Crippen LogP contribution in [-0.4, -0.2) is 42.1 Å². The van der Waals surface area contributed by atoms with Crippen LogP contribution < -0.4 is 4.74 Å². The average molecular weight is 354 g/mol. The van der Waals surface area contributed by atoms with Gasteiger partial charge in [-0.1, -0.05) is 11.6 Å². The van der Waals surface area contributed by atoms with E-state index in [1.165, 1.54) is 0 Å². The van der Waals surface area contributed by atoms with E-state index in [0.29, 0.717) is 10.8 Å². The largest absolute Gasteiger partial charge is 0.482 e. The summed E-state index contributed by atoms with van der Waals surface area (Å²) in [6, 6.07) is 5.52. The summed E-state index contributed by atoms with van der Waals surface area (Å²) in [5, 5.41) is 0.639. The van der Waals surface area contributed by atoms with E-state index in [9.17, 15) is 9.59 Å². The Kier molecular flexibility index (Phi) is 6.49. The maximum absolute atomic E-state index is 12.3. The van der Waals surface area contributed by atoms with Gasteiger partial charge in [0.2, 0.25) is 0 Å². The Morgan fingerprint density at radius 1 is 1.21 bits per heavy atom. The Balaban J connectivity index is 1.78. The normalized spacial score (nSPS) is 20.6. The number of aryl methyl sites for hydroxylation is 1. The molecule has 2 rings (SSSR count). The molecule has 1 aliphatic heterocycles. The lowest BCUT2D eigenvalue weighted by Gasteiger charge is -2.38. The quantitative estimate of drug-likeness (QED) is 0.762. The number of carbonyl (C=O) groups excluding carboxylic acids is 2. The van der Waals surface area contributed by atoms with Crippen LogP contribution in [0.3, 0.4) is 0 Å². The van der Waals surface area contributed by atoms with E-state index in [1.54, 1.807) is 18.2 Å². The fourth-order valence-corrected chi connectivity index (χ4v) is 3.14. The van der Waals surface area contributed by atoms with Crippen molar-refractivity contribution in [1.82, 2.24) is 4.90 Å². The minimum atomic E-state index is -0.562. The van der Waals surface area contributed by atoms with Crippen molar-refractivity contribution >= 4 is 23.5 Å². The fourth-order valence-electron chi connectivity index (χ4n) is 3.02. The topological polar surface area (TPSA) is 55.8 Å². The predicted molar refractivity (Wildman–Crippen MR) is 92.3 cm³/mol. The molecule has 1 aliphatic rings. The first-order valence-corrected chi connectivity index (χ1v) is 8.62. The van der Waals surface area contributed by atoms with Crippen LogP contribution in [0.15, 0.2) is 18.2 Å². The highest BCUT2D eigenvalue weighted by molar-refractivity contribution is 6.31. The van der Waals surface area contributed by atoms with Crippen molar-refractivity contribution in [1.29, 1.82) is 0 Å². The number of piperidine rings is 1. The highest BCUT2D eigenvalue weighted by Crippen LogP contribution is 2.23. The van der Waals surface area contributed by atoms with E-state index in [-0.39, 0.29) is 31.2 Å². The second kappa shape index (κ2) is 8.38. The Morgan fingerprint density at radius 3 is 2.50 bits per heavy atom. The van der Waals surface area contributed by atoms with Gasteiger partial charge in [0.1, 0.15) is 5.75 Å². The number of benzene rings is 1. The lowest BCUT2D eigenvalue weighted by Crippen LogP contribution is -2.49. The van der Waals surface area contributed by atoms with Crippen LogP contribution in [0.5, 0.6) is 5.75 Å². The van der Waals surface area contributed by atoms with Crippen molar-refractivity contribution in [2.75, 3.05) is 13.2 Å². The number of amides is 1. The van der Waals surface area contributed by atoms with E-state index >= 15 is 0 Å². The van der Waals surface area contributed by atoms with Crippen LogP contribution >= 0.6 is 11.6 Å². The summed E-state index contributed by atoms with van der Waals surface area (Å²) < 4.78 is 10.4. The van der Waals surface area contributed by atoms with Crippen molar-refractivity contribution in [3.8, 4) is 5.75 Å². The molecule has 0 radical (unpaired) electrons. The molecule has 1 aromatic carbocycles. The van der Waals surface area contributed by atoms with Gasteiger partial charge in [-0.3, -0.25) is 4.79 Å². The first-order chi connectivity index (χ1) is 11.4. The van der Waals surface area contributed by atoms with E-state index < -0.39 is 5.97 Å². The molecule has 132 valence electrons. The zero-order valence-electron chi connectivity index (χ0n) is 14.4. The van der Waals surface area contributed by atoms with Gasteiger partial charge in [0.05, 0.1) is 0 Å². The maximum Gasteiger partial charge on any atom is 0.344 e. The molecule has 1 aromatic rings. The molecule has 0 aromatic heterocycles. The Morgan fingerprint density at radius 2 is 1.88 bits per heavy atom. The third kappa shape index (κ3) is 4.87. The molecule has 0 saturated carbocycles. The molecule has 2 unspecified atom stereocenters. The number of hydrogen-bond acceptors (Lipinski definition) is 4. The second-order valence-corrected chi connectivity index (χ2v) is 6.70. The average Bonchev–Trinajstić information content (AvgIpc) is 2.54. The third-order valence-corrected chi connectivity index (χ3v) is 4.75. The molecule has 0 N–H and O–H groups in total. The standard InChI is InChI=1S/C18H24ClNO4/c1-12-9-15(7-8-16(12)19)23-11-18(22)24-10-17(21)20-13(2)5-4-6-14(20)3/h7-9,13-14H,4-6,10-11H2,1-3H3. The van der Waals surface area contributed by atoms with Crippen LogP contribution in [0.1, 0.15) is 38.7 Å². The van der Waals surface area contributed by atoms with Gasteiger partial charge in [0, 0.05) is 17.1 Å². The molecule has 1 fully saturated rings. The van der Waals surface area contributed by atoms with Gasteiger partial charge in [-0.15, -0.1) is 0 Å². The van der Waals surface area contributed by atoms with Crippen LogP contribution in [0, 0.1) is 6.92 Å². The molecule has 1 amide bonds. The summed E-state index contributed by atoms with van der Waals surface area (Å²) >= 11 is 5.94. The van der Waals surface area contributed by atoms with Gasteiger partial charge in [0.25, 0.3) is 5.91 Å². The van der Waals surface area contributed by atoms with Crippen molar-refractivity contribution in [3.05, 3.63) is 28.8 Å². The first kappa shape index (κ1) is 18.6. The molecule has 0 bridgehead atoms. The smallest absolute Gasteiger partial charge is 0.344 e. The summed E-state index contributed by atoms with van der Waals surface area (Å²) in [7, 11) is 0. The fraction of sp³-hybridized carbons (Fsp3) is 0.556. The molecule has 0 spiro atoms. The summed E-state index contributed by atoms with van der Waals surface area (Å²) in [6.45, 7) is 5.44. The van der Waals surface area contributed by atoms with Crippen LogP contribution in [0.2, 0.25) is 5.02 Å². The molecule has 0 aliphatic carbocycles. The van der Waals surface area contributed by atoms with Crippen molar-refractivity contribution in [2.24, 2.45) is 0 Å². The number of ether oxygens (including phenoxy) is 2. The third-order valence-electron chi connectivity index (χ3n) is 4.32. The molecule has 5 nitrogen and oxygen atoms in total. The minimum absolute atomic E-state index is 0.148. The zero-order valence-corrected chi connectivity index (χ0v) is 15.1. The molecule has 24 heavy (non-hydrogen) atoms. The van der Waals surface area contributed by atoms with Gasteiger partial charge in [-0.25, -0.2) is 4.79 Å².